The van der Waals surface area contributed by atoms with Crippen LogP contribution in [0.25, 0.3) is 0 Å². The monoisotopic (exact) mass is 275 g/mol. The van der Waals surface area contributed by atoms with Gasteiger partial charge in [0.05, 0.1) is 6.10 Å². The Labute approximate surface area is 121 Å². The first-order valence-corrected chi connectivity index (χ1v) is 7.73. The zero-order valence-corrected chi connectivity index (χ0v) is 12.3. The molecule has 0 radical (unpaired) electrons. The molecule has 3 nitrogen and oxygen atoms in total. The summed E-state index contributed by atoms with van der Waals surface area (Å²) in [6, 6.07) is 7.45. The second-order valence-electron chi connectivity index (χ2n) is 5.85. The molecule has 2 N–H and O–H groups in total. The van der Waals surface area contributed by atoms with Gasteiger partial charge in [-0.05, 0) is 25.3 Å². The van der Waals surface area contributed by atoms with E-state index in [2.05, 4.69) is 5.32 Å². The molecule has 1 aliphatic carbocycles. The van der Waals surface area contributed by atoms with E-state index in [0.717, 1.165) is 23.6 Å². The van der Waals surface area contributed by atoms with Gasteiger partial charge in [0.25, 0.3) is 0 Å². The van der Waals surface area contributed by atoms with Gasteiger partial charge in [0, 0.05) is 17.7 Å². The van der Waals surface area contributed by atoms with Crippen LogP contribution in [-0.4, -0.2) is 11.0 Å². The molecule has 1 saturated carbocycles. The number of carbonyl (C=O) groups excluding carboxylic acids is 1. The fraction of sp³-hybridized carbons (Fsp3) is 0.588. The molecule has 0 heterocycles. The van der Waals surface area contributed by atoms with E-state index in [-0.39, 0.29) is 5.91 Å². The molecule has 1 unspecified atom stereocenters. The third kappa shape index (κ3) is 4.34. The number of aliphatic hydroxyl groups is 1. The van der Waals surface area contributed by atoms with Crippen LogP contribution < -0.4 is 5.32 Å². The maximum absolute atomic E-state index is 12.0. The highest BCUT2D eigenvalue weighted by Crippen LogP contribution is 2.28. The predicted molar refractivity (Wildman–Crippen MR) is 81.5 cm³/mol. The number of amides is 1. The van der Waals surface area contributed by atoms with Gasteiger partial charge in [-0.1, -0.05) is 50.3 Å². The molecule has 1 atom stereocenters. The molecule has 1 aromatic rings. The summed E-state index contributed by atoms with van der Waals surface area (Å²) in [6.07, 6.45) is 7.54. The highest BCUT2D eigenvalue weighted by molar-refractivity contribution is 5.91. The number of aliphatic hydroxyl groups excluding tert-OH is 1. The Kier molecular flexibility index (Phi) is 5.60. The van der Waals surface area contributed by atoms with Crippen molar-refractivity contribution in [1.82, 2.24) is 0 Å². The summed E-state index contributed by atoms with van der Waals surface area (Å²) in [5, 5.41) is 12.6. The SMILES string of the molecule is CC(O)c1ccccc1NC(=O)CCC1CCCCC1. The summed E-state index contributed by atoms with van der Waals surface area (Å²) in [5.74, 6) is 0.783. The number of hydrogen-bond donors (Lipinski definition) is 2. The minimum Gasteiger partial charge on any atom is -0.389 e. The van der Waals surface area contributed by atoms with Crippen molar-refractivity contribution < 1.29 is 9.90 Å². The molecular weight excluding hydrogens is 250 g/mol. The van der Waals surface area contributed by atoms with Gasteiger partial charge in [0.1, 0.15) is 0 Å². The molecule has 110 valence electrons. The fourth-order valence-electron chi connectivity index (χ4n) is 3.00. The Morgan fingerprint density at radius 3 is 2.70 bits per heavy atom. The molecule has 3 heteroatoms. The third-order valence-electron chi connectivity index (χ3n) is 4.19. The third-order valence-corrected chi connectivity index (χ3v) is 4.19. The van der Waals surface area contributed by atoms with Gasteiger partial charge in [-0.25, -0.2) is 0 Å². The van der Waals surface area contributed by atoms with Crippen LogP contribution in [-0.2, 0) is 4.79 Å². The number of nitrogens with one attached hydrogen (secondary N) is 1. The summed E-state index contributed by atoms with van der Waals surface area (Å²) in [7, 11) is 0. The minimum absolute atomic E-state index is 0.0590. The Hall–Kier alpha value is -1.35. The van der Waals surface area contributed by atoms with Gasteiger partial charge in [-0.2, -0.15) is 0 Å². The Morgan fingerprint density at radius 2 is 2.00 bits per heavy atom. The molecule has 20 heavy (non-hydrogen) atoms. The predicted octanol–water partition coefficient (Wildman–Crippen LogP) is 4.04. The standard InChI is InChI=1S/C17H25NO2/c1-13(19)15-9-5-6-10-16(15)18-17(20)12-11-14-7-3-2-4-8-14/h5-6,9-10,13-14,19H,2-4,7-8,11-12H2,1H3,(H,18,20). The maximum atomic E-state index is 12.0. The molecular formula is C17H25NO2. The van der Waals surface area contributed by atoms with Crippen LogP contribution in [0.1, 0.15) is 63.5 Å². The van der Waals surface area contributed by atoms with Crippen molar-refractivity contribution >= 4 is 11.6 Å². The van der Waals surface area contributed by atoms with Crippen LogP contribution in [0.15, 0.2) is 24.3 Å². The second-order valence-corrected chi connectivity index (χ2v) is 5.85. The number of para-hydroxylation sites is 1. The van der Waals surface area contributed by atoms with E-state index in [4.69, 9.17) is 0 Å². The fourth-order valence-corrected chi connectivity index (χ4v) is 3.00. The summed E-state index contributed by atoms with van der Waals surface area (Å²) in [6.45, 7) is 1.72. The van der Waals surface area contributed by atoms with Crippen molar-refractivity contribution in [3.63, 3.8) is 0 Å². The lowest BCUT2D eigenvalue weighted by Gasteiger charge is -2.21. The normalized spacial score (nSPS) is 17.7. The Bertz CT molecular complexity index is 436. The molecule has 0 bridgehead atoms. The molecule has 1 aromatic carbocycles. The highest BCUT2D eigenvalue weighted by atomic mass is 16.3. The number of hydrogen-bond acceptors (Lipinski definition) is 2. The topological polar surface area (TPSA) is 49.3 Å². The summed E-state index contributed by atoms with van der Waals surface area (Å²) in [5.41, 5.74) is 1.51. The van der Waals surface area contributed by atoms with Crippen LogP contribution in [0.3, 0.4) is 0 Å². The van der Waals surface area contributed by atoms with Gasteiger partial charge >= 0.3 is 0 Å². The lowest BCUT2D eigenvalue weighted by atomic mass is 9.86. The van der Waals surface area contributed by atoms with E-state index in [1.807, 2.05) is 24.3 Å². The quantitative estimate of drug-likeness (QED) is 0.852. The lowest BCUT2D eigenvalue weighted by molar-refractivity contribution is -0.116. The van der Waals surface area contributed by atoms with Crippen molar-refractivity contribution in [2.24, 2.45) is 5.92 Å². The summed E-state index contributed by atoms with van der Waals surface area (Å²) >= 11 is 0. The lowest BCUT2D eigenvalue weighted by Crippen LogP contribution is -2.16. The van der Waals surface area contributed by atoms with E-state index in [0.29, 0.717) is 6.42 Å². The average Bonchev–Trinajstić information content (AvgIpc) is 2.46. The largest absolute Gasteiger partial charge is 0.389 e. The van der Waals surface area contributed by atoms with Crippen LogP contribution in [0.4, 0.5) is 5.69 Å². The van der Waals surface area contributed by atoms with E-state index in [9.17, 15) is 9.90 Å². The summed E-state index contributed by atoms with van der Waals surface area (Å²) < 4.78 is 0. The van der Waals surface area contributed by atoms with Gasteiger partial charge in [-0.15, -0.1) is 0 Å². The van der Waals surface area contributed by atoms with Crippen molar-refractivity contribution in [2.45, 2.75) is 58.0 Å². The first kappa shape index (κ1) is 15.0. The maximum Gasteiger partial charge on any atom is 0.224 e. The smallest absolute Gasteiger partial charge is 0.224 e. The van der Waals surface area contributed by atoms with Crippen LogP contribution in [0.5, 0.6) is 0 Å². The molecule has 1 aliphatic rings. The van der Waals surface area contributed by atoms with E-state index >= 15 is 0 Å². The van der Waals surface area contributed by atoms with Crippen LogP contribution >= 0.6 is 0 Å². The van der Waals surface area contributed by atoms with Gasteiger partial charge in [0.15, 0.2) is 0 Å². The molecule has 0 saturated heterocycles. The molecule has 2 rings (SSSR count). The second kappa shape index (κ2) is 7.44. The van der Waals surface area contributed by atoms with Gasteiger partial charge < -0.3 is 10.4 Å². The molecule has 1 amide bonds. The Morgan fingerprint density at radius 1 is 1.30 bits per heavy atom. The summed E-state index contributed by atoms with van der Waals surface area (Å²) in [4.78, 5) is 12.0. The van der Waals surface area contributed by atoms with Crippen molar-refractivity contribution in [3.8, 4) is 0 Å². The van der Waals surface area contributed by atoms with Crippen LogP contribution in [0.2, 0.25) is 0 Å². The van der Waals surface area contributed by atoms with E-state index in [1.54, 1.807) is 6.92 Å². The first-order valence-electron chi connectivity index (χ1n) is 7.73. The molecule has 0 spiro atoms. The van der Waals surface area contributed by atoms with Gasteiger partial charge in [-0.3, -0.25) is 4.79 Å². The number of anilines is 1. The van der Waals surface area contributed by atoms with Crippen LogP contribution in [0, 0.1) is 5.92 Å². The highest BCUT2D eigenvalue weighted by Gasteiger charge is 2.15. The number of benzene rings is 1. The van der Waals surface area contributed by atoms with Crippen molar-refractivity contribution in [3.05, 3.63) is 29.8 Å². The molecule has 0 aromatic heterocycles. The average molecular weight is 275 g/mol. The molecule has 1 fully saturated rings. The minimum atomic E-state index is -0.565. The molecule has 0 aliphatic heterocycles. The number of carbonyl (C=O) groups is 1. The first-order chi connectivity index (χ1) is 9.66. The zero-order valence-electron chi connectivity index (χ0n) is 12.3. The van der Waals surface area contributed by atoms with E-state index in [1.165, 1.54) is 32.1 Å². The van der Waals surface area contributed by atoms with Crippen molar-refractivity contribution in [1.29, 1.82) is 0 Å². The van der Waals surface area contributed by atoms with Crippen molar-refractivity contribution in [2.75, 3.05) is 5.32 Å². The number of rotatable bonds is 5. The van der Waals surface area contributed by atoms with Gasteiger partial charge in [0.2, 0.25) is 5.91 Å². The van der Waals surface area contributed by atoms with E-state index < -0.39 is 6.10 Å². The zero-order chi connectivity index (χ0) is 14.4. The Balaban J connectivity index is 1.85.